The van der Waals surface area contributed by atoms with Gasteiger partial charge in [0.25, 0.3) is 0 Å². The van der Waals surface area contributed by atoms with Crippen LogP contribution in [0.1, 0.15) is 38.3 Å². The summed E-state index contributed by atoms with van der Waals surface area (Å²) >= 11 is 1.64. The lowest BCUT2D eigenvalue weighted by atomic mass is 10.0. The zero-order chi connectivity index (χ0) is 17.4. The molecular formula is C19H15FN2O2S. The van der Waals surface area contributed by atoms with Crippen LogP contribution in [0.5, 0.6) is 0 Å². The first kappa shape index (κ1) is 15.8. The van der Waals surface area contributed by atoms with Crippen molar-refractivity contribution in [2.24, 2.45) is 5.10 Å². The van der Waals surface area contributed by atoms with Crippen molar-refractivity contribution in [1.82, 2.24) is 5.01 Å². The van der Waals surface area contributed by atoms with E-state index in [-0.39, 0.29) is 23.5 Å². The standard InChI is InChI=1S/C19H15FN2O2S/c1-12-4-9-18(25-12)15-11-16(13-5-7-14(20)8-6-13)22(21-15)19(23)17-3-2-10-24-17/h2-10,16H,11H2,1H3. The number of carbonyl (C=O) groups is 1. The third-order valence-corrected chi connectivity index (χ3v) is 5.18. The van der Waals surface area contributed by atoms with Gasteiger partial charge in [0.1, 0.15) is 5.82 Å². The van der Waals surface area contributed by atoms with Gasteiger partial charge in [-0.25, -0.2) is 9.40 Å². The van der Waals surface area contributed by atoms with Crippen LogP contribution in [0.2, 0.25) is 0 Å². The summed E-state index contributed by atoms with van der Waals surface area (Å²) in [7, 11) is 0. The fraction of sp³-hybridized carbons (Fsp3) is 0.158. The number of nitrogens with zero attached hydrogens (tertiary/aromatic N) is 2. The predicted molar refractivity (Wildman–Crippen MR) is 94.2 cm³/mol. The van der Waals surface area contributed by atoms with E-state index in [4.69, 9.17) is 4.42 Å². The second-order valence-corrected chi connectivity index (χ2v) is 7.14. The Morgan fingerprint density at radius 3 is 2.68 bits per heavy atom. The topological polar surface area (TPSA) is 45.8 Å². The molecule has 1 aliphatic heterocycles. The highest BCUT2D eigenvalue weighted by Crippen LogP contribution is 2.35. The fourth-order valence-electron chi connectivity index (χ4n) is 2.89. The largest absolute Gasteiger partial charge is 0.459 e. The van der Waals surface area contributed by atoms with Crippen molar-refractivity contribution in [3.8, 4) is 0 Å². The number of benzene rings is 1. The van der Waals surface area contributed by atoms with E-state index >= 15 is 0 Å². The van der Waals surface area contributed by atoms with Crippen LogP contribution in [0.4, 0.5) is 4.39 Å². The van der Waals surface area contributed by atoms with Crippen molar-refractivity contribution in [2.75, 3.05) is 0 Å². The number of carbonyl (C=O) groups excluding carboxylic acids is 1. The average Bonchev–Trinajstić information content (AvgIpc) is 3.35. The third-order valence-electron chi connectivity index (χ3n) is 4.13. The maximum atomic E-state index is 13.3. The lowest BCUT2D eigenvalue weighted by Gasteiger charge is -2.21. The first-order valence-corrected chi connectivity index (χ1v) is 8.70. The van der Waals surface area contributed by atoms with Crippen molar-refractivity contribution < 1.29 is 13.6 Å². The molecule has 3 heterocycles. The van der Waals surface area contributed by atoms with Crippen LogP contribution in [0.25, 0.3) is 0 Å². The van der Waals surface area contributed by atoms with Gasteiger partial charge in [0.15, 0.2) is 5.76 Å². The molecule has 0 radical (unpaired) electrons. The monoisotopic (exact) mass is 354 g/mol. The number of hydrazone groups is 1. The van der Waals surface area contributed by atoms with E-state index in [0.29, 0.717) is 6.42 Å². The van der Waals surface area contributed by atoms with Crippen molar-refractivity contribution in [2.45, 2.75) is 19.4 Å². The summed E-state index contributed by atoms with van der Waals surface area (Å²) in [6.45, 7) is 2.03. The van der Waals surface area contributed by atoms with Crippen molar-refractivity contribution in [1.29, 1.82) is 0 Å². The minimum absolute atomic E-state index is 0.236. The molecule has 4 nitrogen and oxygen atoms in total. The van der Waals surface area contributed by atoms with Crippen molar-refractivity contribution in [3.05, 3.63) is 81.7 Å². The highest BCUT2D eigenvalue weighted by Gasteiger charge is 2.35. The Balaban J connectivity index is 1.72. The Kier molecular flexibility index (Phi) is 3.97. The van der Waals surface area contributed by atoms with Gasteiger partial charge in [0.05, 0.1) is 22.9 Å². The highest BCUT2D eigenvalue weighted by molar-refractivity contribution is 7.14. The molecule has 126 valence electrons. The molecule has 1 aliphatic rings. The van der Waals surface area contributed by atoms with Crippen LogP contribution in [0.3, 0.4) is 0 Å². The number of halogens is 1. The molecule has 1 atom stereocenters. The van der Waals surface area contributed by atoms with Gasteiger partial charge in [0, 0.05) is 11.3 Å². The number of furan rings is 1. The van der Waals surface area contributed by atoms with Crippen LogP contribution < -0.4 is 0 Å². The normalized spacial score (nSPS) is 17.0. The first-order chi connectivity index (χ1) is 12.1. The van der Waals surface area contributed by atoms with E-state index in [1.165, 1.54) is 28.3 Å². The maximum Gasteiger partial charge on any atom is 0.310 e. The molecule has 6 heteroatoms. The van der Waals surface area contributed by atoms with E-state index in [1.807, 2.05) is 19.1 Å². The lowest BCUT2D eigenvalue weighted by molar-refractivity contribution is 0.0678. The molecule has 4 rings (SSSR count). The quantitative estimate of drug-likeness (QED) is 0.679. The zero-order valence-electron chi connectivity index (χ0n) is 13.5. The summed E-state index contributed by atoms with van der Waals surface area (Å²) in [5.74, 6) is -0.372. The van der Waals surface area contributed by atoms with E-state index in [1.54, 1.807) is 35.6 Å². The summed E-state index contributed by atoms with van der Waals surface area (Å²) < 4.78 is 18.5. The second kappa shape index (κ2) is 6.29. The van der Waals surface area contributed by atoms with Gasteiger partial charge in [-0.15, -0.1) is 11.3 Å². The Morgan fingerprint density at radius 2 is 2.04 bits per heavy atom. The van der Waals surface area contributed by atoms with Crippen LogP contribution >= 0.6 is 11.3 Å². The molecule has 0 aliphatic carbocycles. The fourth-order valence-corrected chi connectivity index (χ4v) is 3.75. The number of aryl methyl sites for hydroxylation is 1. The molecule has 0 N–H and O–H groups in total. The molecule has 25 heavy (non-hydrogen) atoms. The van der Waals surface area contributed by atoms with Crippen molar-refractivity contribution >= 4 is 23.0 Å². The van der Waals surface area contributed by atoms with Gasteiger partial charge in [-0.3, -0.25) is 4.79 Å². The van der Waals surface area contributed by atoms with E-state index in [0.717, 1.165) is 16.2 Å². The summed E-state index contributed by atoms with van der Waals surface area (Å²) in [4.78, 5) is 15.0. The van der Waals surface area contributed by atoms with Gasteiger partial charge < -0.3 is 4.42 Å². The second-order valence-electron chi connectivity index (χ2n) is 5.86. The Morgan fingerprint density at radius 1 is 1.24 bits per heavy atom. The van der Waals surface area contributed by atoms with Gasteiger partial charge in [-0.1, -0.05) is 12.1 Å². The number of rotatable bonds is 3. The number of hydrogen-bond donors (Lipinski definition) is 0. The minimum Gasteiger partial charge on any atom is -0.459 e. The molecule has 0 saturated carbocycles. The van der Waals surface area contributed by atoms with Crippen LogP contribution in [-0.2, 0) is 0 Å². The Labute approximate surface area is 148 Å². The van der Waals surface area contributed by atoms with Gasteiger partial charge in [-0.05, 0) is 48.9 Å². The molecule has 3 aromatic rings. The SMILES string of the molecule is Cc1ccc(C2=NN(C(=O)c3ccco3)C(c3ccc(F)cc3)C2)s1. The average molecular weight is 354 g/mol. The summed E-state index contributed by atoms with van der Waals surface area (Å²) in [6.07, 6.45) is 2.04. The van der Waals surface area contributed by atoms with Gasteiger partial charge in [0.2, 0.25) is 0 Å². The molecule has 0 spiro atoms. The lowest BCUT2D eigenvalue weighted by Crippen LogP contribution is -2.26. The van der Waals surface area contributed by atoms with Gasteiger partial charge >= 0.3 is 5.91 Å². The molecule has 1 amide bonds. The Bertz CT molecular complexity index is 929. The molecule has 2 aromatic heterocycles. The number of hydrogen-bond acceptors (Lipinski definition) is 4. The molecule has 0 fully saturated rings. The molecule has 0 bridgehead atoms. The minimum atomic E-state index is -0.305. The molecule has 1 unspecified atom stereocenters. The summed E-state index contributed by atoms with van der Waals surface area (Å²) in [5.41, 5.74) is 1.70. The summed E-state index contributed by atoms with van der Waals surface area (Å²) in [6, 6.07) is 13.2. The van der Waals surface area contributed by atoms with E-state index in [2.05, 4.69) is 5.10 Å². The zero-order valence-corrected chi connectivity index (χ0v) is 14.3. The van der Waals surface area contributed by atoms with Crippen molar-refractivity contribution in [3.63, 3.8) is 0 Å². The molecule has 1 aromatic carbocycles. The Hall–Kier alpha value is -2.73. The number of thiophene rings is 1. The van der Waals surface area contributed by atoms with Crippen LogP contribution in [-0.4, -0.2) is 16.6 Å². The smallest absolute Gasteiger partial charge is 0.310 e. The first-order valence-electron chi connectivity index (χ1n) is 7.88. The summed E-state index contributed by atoms with van der Waals surface area (Å²) in [5, 5.41) is 6.01. The van der Waals surface area contributed by atoms with E-state index in [9.17, 15) is 9.18 Å². The predicted octanol–water partition coefficient (Wildman–Crippen LogP) is 4.78. The van der Waals surface area contributed by atoms with Gasteiger partial charge in [-0.2, -0.15) is 5.10 Å². The molecular weight excluding hydrogens is 339 g/mol. The van der Waals surface area contributed by atoms with E-state index < -0.39 is 0 Å². The number of amides is 1. The highest BCUT2D eigenvalue weighted by atomic mass is 32.1. The van der Waals surface area contributed by atoms with Crippen LogP contribution in [0, 0.1) is 12.7 Å². The van der Waals surface area contributed by atoms with Crippen LogP contribution in [0.15, 0.2) is 64.3 Å². The molecule has 0 saturated heterocycles. The third kappa shape index (κ3) is 3.00. The maximum absolute atomic E-state index is 13.3.